The zero-order chi connectivity index (χ0) is 19.9. The highest BCUT2D eigenvalue weighted by atomic mass is 16.5. The van der Waals surface area contributed by atoms with Gasteiger partial charge in [-0.15, -0.1) is 0 Å². The van der Waals surface area contributed by atoms with Crippen LogP contribution in [-0.4, -0.2) is 58.7 Å². The summed E-state index contributed by atoms with van der Waals surface area (Å²) < 4.78 is 5.27. The van der Waals surface area contributed by atoms with E-state index in [0.29, 0.717) is 5.92 Å². The summed E-state index contributed by atoms with van der Waals surface area (Å²) in [6, 6.07) is 17.2. The molecule has 1 N–H and O–H groups in total. The lowest BCUT2D eigenvalue weighted by Gasteiger charge is -2.22. The van der Waals surface area contributed by atoms with Crippen molar-refractivity contribution in [2.75, 3.05) is 52.8 Å². The van der Waals surface area contributed by atoms with Crippen LogP contribution in [0.5, 0.6) is 5.75 Å². The molecule has 5 nitrogen and oxygen atoms in total. The van der Waals surface area contributed by atoms with Gasteiger partial charge in [-0.05, 0) is 48.2 Å². The summed E-state index contributed by atoms with van der Waals surface area (Å²) in [4.78, 5) is 8.99. The molecular formula is C23H32N4O. The smallest absolute Gasteiger partial charge is 0.193 e. The van der Waals surface area contributed by atoms with Crippen LogP contribution in [0.2, 0.25) is 0 Å². The van der Waals surface area contributed by atoms with Gasteiger partial charge in [0.1, 0.15) is 5.75 Å². The Morgan fingerprint density at radius 1 is 1.14 bits per heavy atom. The van der Waals surface area contributed by atoms with Crippen LogP contribution in [0.25, 0.3) is 0 Å². The van der Waals surface area contributed by atoms with Crippen LogP contribution >= 0.6 is 0 Å². The molecule has 0 spiro atoms. The first-order valence-corrected chi connectivity index (χ1v) is 9.96. The topological polar surface area (TPSA) is 40.1 Å². The average Bonchev–Trinajstić information content (AvgIpc) is 3.21. The number of likely N-dealkylation sites (tertiary alicyclic amines) is 1. The predicted molar refractivity (Wildman–Crippen MR) is 118 cm³/mol. The van der Waals surface area contributed by atoms with Gasteiger partial charge < -0.3 is 19.9 Å². The van der Waals surface area contributed by atoms with E-state index < -0.39 is 0 Å². The number of methoxy groups -OCH3 is 1. The van der Waals surface area contributed by atoms with E-state index in [1.807, 2.05) is 19.2 Å². The Labute approximate surface area is 169 Å². The number of aliphatic imine (C=N–C) groups is 1. The number of nitrogens with zero attached hydrogens (tertiary/aromatic N) is 3. The second-order valence-corrected chi connectivity index (χ2v) is 7.49. The lowest BCUT2D eigenvalue weighted by atomic mass is 9.98. The molecule has 0 aliphatic carbocycles. The molecule has 5 heteroatoms. The predicted octanol–water partition coefficient (Wildman–Crippen LogP) is 3.37. The number of hydrogen-bond donors (Lipinski definition) is 1. The lowest BCUT2D eigenvalue weighted by molar-refractivity contribution is 0.414. The van der Waals surface area contributed by atoms with Crippen LogP contribution in [0.3, 0.4) is 0 Å². The molecule has 2 aromatic carbocycles. The third-order valence-corrected chi connectivity index (χ3v) is 5.44. The summed E-state index contributed by atoms with van der Waals surface area (Å²) in [6.07, 6.45) is 2.14. The average molecular weight is 381 g/mol. The first-order valence-electron chi connectivity index (χ1n) is 9.96. The molecule has 0 aromatic heterocycles. The Morgan fingerprint density at radius 2 is 1.86 bits per heavy atom. The van der Waals surface area contributed by atoms with E-state index in [0.717, 1.165) is 44.2 Å². The van der Waals surface area contributed by atoms with Crippen LogP contribution in [0.1, 0.15) is 23.5 Å². The van der Waals surface area contributed by atoms with Crippen molar-refractivity contribution in [3.63, 3.8) is 0 Å². The molecule has 1 fully saturated rings. The van der Waals surface area contributed by atoms with Crippen molar-refractivity contribution in [3.05, 3.63) is 59.7 Å². The third-order valence-electron chi connectivity index (χ3n) is 5.44. The molecule has 3 rings (SSSR count). The van der Waals surface area contributed by atoms with E-state index in [-0.39, 0.29) is 0 Å². The van der Waals surface area contributed by atoms with Crippen molar-refractivity contribution >= 4 is 11.6 Å². The van der Waals surface area contributed by atoms with Gasteiger partial charge in [0.25, 0.3) is 0 Å². The zero-order valence-electron chi connectivity index (χ0n) is 17.5. The maximum atomic E-state index is 5.27. The SMILES string of the molecule is CN=C(NCCc1ccc(N(C)C)cc1)N1CCC(c2ccc(OC)cc2)C1. The summed E-state index contributed by atoms with van der Waals surface area (Å²) in [6.45, 7) is 2.93. The zero-order valence-corrected chi connectivity index (χ0v) is 17.5. The molecule has 1 unspecified atom stereocenters. The van der Waals surface area contributed by atoms with E-state index in [1.54, 1.807) is 7.11 Å². The van der Waals surface area contributed by atoms with Gasteiger partial charge in [0, 0.05) is 52.4 Å². The molecule has 1 aliphatic heterocycles. The van der Waals surface area contributed by atoms with Crippen molar-refractivity contribution in [1.82, 2.24) is 10.2 Å². The highest BCUT2D eigenvalue weighted by Crippen LogP contribution is 2.28. The van der Waals surface area contributed by atoms with E-state index in [4.69, 9.17) is 4.74 Å². The van der Waals surface area contributed by atoms with Gasteiger partial charge in [-0.25, -0.2) is 0 Å². The molecule has 1 aliphatic rings. The Hall–Kier alpha value is -2.69. The minimum Gasteiger partial charge on any atom is -0.497 e. The normalized spacial score (nSPS) is 16.9. The summed E-state index contributed by atoms with van der Waals surface area (Å²) >= 11 is 0. The number of anilines is 1. The van der Waals surface area contributed by atoms with E-state index in [2.05, 4.69) is 70.6 Å². The Morgan fingerprint density at radius 3 is 2.46 bits per heavy atom. The second kappa shape index (κ2) is 9.49. The number of benzene rings is 2. The van der Waals surface area contributed by atoms with Gasteiger partial charge in [0.15, 0.2) is 5.96 Å². The lowest BCUT2D eigenvalue weighted by Crippen LogP contribution is -2.40. The van der Waals surface area contributed by atoms with Gasteiger partial charge in [0.05, 0.1) is 7.11 Å². The van der Waals surface area contributed by atoms with Crippen molar-refractivity contribution in [1.29, 1.82) is 0 Å². The molecule has 0 bridgehead atoms. The number of hydrogen-bond acceptors (Lipinski definition) is 3. The Balaban J connectivity index is 1.50. The molecule has 1 heterocycles. The fourth-order valence-corrected chi connectivity index (χ4v) is 3.71. The number of rotatable bonds is 6. The molecule has 28 heavy (non-hydrogen) atoms. The maximum Gasteiger partial charge on any atom is 0.193 e. The van der Waals surface area contributed by atoms with Crippen molar-refractivity contribution in [3.8, 4) is 5.75 Å². The van der Waals surface area contributed by atoms with Gasteiger partial charge in [0.2, 0.25) is 0 Å². The van der Waals surface area contributed by atoms with Crippen LogP contribution in [0.4, 0.5) is 5.69 Å². The monoisotopic (exact) mass is 380 g/mol. The molecular weight excluding hydrogens is 348 g/mol. The van der Waals surface area contributed by atoms with Crippen LogP contribution in [0.15, 0.2) is 53.5 Å². The standard InChI is InChI=1S/C23H32N4O/c1-24-23(25-15-13-18-5-9-21(10-6-18)26(2)3)27-16-14-20(17-27)19-7-11-22(28-4)12-8-19/h5-12,20H,13-17H2,1-4H3,(H,24,25). The minimum atomic E-state index is 0.544. The molecule has 150 valence electrons. The molecule has 1 atom stereocenters. The molecule has 0 amide bonds. The van der Waals surface area contributed by atoms with Crippen molar-refractivity contribution in [2.24, 2.45) is 4.99 Å². The highest BCUT2D eigenvalue weighted by Gasteiger charge is 2.25. The Kier molecular flexibility index (Phi) is 6.80. The summed E-state index contributed by atoms with van der Waals surface area (Å²) in [5.74, 6) is 2.46. The fraction of sp³-hybridized carbons (Fsp3) is 0.435. The second-order valence-electron chi connectivity index (χ2n) is 7.49. The fourth-order valence-electron chi connectivity index (χ4n) is 3.71. The molecule has 0 radical (unpaired) electrons. The van der Waals surface area contributed by atoms with Gasteiger partial charge in [-0.1, -0.05) is 24.3 Å². The minimum absolute atomic E-state index is 0.544. The first kappa shape index (κ1) is 20.1. The third kappa shape index (κ3) is 4.97. The van der Waals surface area contributed by atoms with Crippen molar-refractivity contribution < 1.29 is 4.74 Å². The largest absolute Gasteiger partial charge is 0.497 e. The first-order chi connectivity index (χ1) is 13.6. The maximum absolute atomic E-state index is 5.27. The van der Waals surface area contributed by atoms with Crippen molar-refractivity contribution in [2.45, 2.75) is 18.8 Å². The van der Waals surface area contributed by atoms with Gasteiger partial charge in [-0.2, -0.15) is 0 Å². The highest BCUT2D eigenvalue weighted by molar-refractivity contribution is 5.80. The molecule has 0 saturated carbocycles. The van der Waals surface area contributed by atoms with Gasteiger partial charge in [-0.3, -0.25) is 4.99 Å². The van der Waals surface area contributed by atoms with E-state index >= 15 is 0 Å². The molecule has 1 saturated heterocycles. The molecule has 2 aromatic rings. The quantitative estimate of drug-likeness (QED) is 0.616. The van der Waals surface area contributed by atoms with Crippen LogP contribution < -0.4 is 15.0 Å². The summed E-state index contributed by atoms with van der Waals surface area (Å²) in [5.41, 5.74) is 3.94. The summed E-state index contributed by atoms with van der Waals surface area (Å²) in [7, 11) is 7.71. The van der Waals surface area contributed by atoms with Crippen LogP contribution in [0, 0.1) is 0 Å². The van der Waals surface area contributed by atoms with Gasteiger partial charge >= 0.3 is 0 Å². The number of guanidine groups is 1. The van der Waals surface area contributed by atoms with Crippen LogP contribution in [-0.2, 0) is 6.42 Å². The number of ether oxygens (including phenoxy) is 1. The number of nitrogens with one attached hydrogen (secondary N) is 1. The van der Waals surface area contributed by atoms with E-state index in [1.165, 1.54) is 16.8 Å². The summed E-state index contributed by atoms with van der Waals surface area (Å²) in [5, 5.41) is 3.53. The Bertz CT molecular complexity index is 768. The van der Waals surface area contributed by atoms with E-state index in [9.17, 15) is 0 Å².